The molecule has 0 radical (unpaired) electrons. The summed E-state index contributed by atoms with van der Waals surface area (Å²) in [6, 6.07) is 5.62. The summed E-state index contributed by atoms with van der Waals surface area (Å²) in [5, 5.41) is 0. The highest BCUT2D eigenvalue weighted by atomic mass is 27.2. The van der Waals surface area contributed by atoms with Crippen molar-refractivity contribution in [3.63, 3.8) is 0 Å². The maximum atomic E-state index is 5.75. The van der Waals surface area contributed by atoms with Crippen LogP contribution in [0.4, 0.5) is 0 Å². The molecule has 0 amide bonds. The van der Waals surface area contributed by atoms with Crippen molar-refractivity contribution < 1.29 is 13.3 Å². The van der Waals surface area contributed by atoms with E-state index in [4.69, 9.17) is 13.3 Å². The quantitative estimate of drug-likeness (QED) is 0.714. The lowest BCUT2D eigenvalue weighted by molar-refractivity contribution is 0.363. The van der Waals surface area contributed by atoms with E-state index >= 15 is 0 Å². The molecule has 0 aliphatic rings. The Kier molecular flexibility index (Phi) is 4.12. The largest absolute Gasteiger partial charge is 0.638 e. The summed E-state index contributed by atoms with van der Waals surface area (Å²) < 4.78 is 16.2. The Bertz CT molecular complexity index is 277. The predicted octanol–water partition coefficient (Wildman–Crippen LogP) is 2.33. The van der Waals surface area contributed by atoms with Gasteiger partial charge in [0.15, 0.2) is 17.2 Å². The molecule has 0 N–H and O–H groups in total. The number of hydrogen-bond acceptors (Lipinski definition) is 3. The van der Waals surface area contributed by atoms with Crippen LogP contribution in [0.2, 0.25) is 11.6 Å². The first-order valence-electron chi connectivity index (χ1n) is 4.56. The first-order chi connectivity index (χ1) is 6.69. The van der Waals surface area contributed by atoms with Gasteiger partial charge in [-0.15, -0.1) is 0 Å². The molecule has 0 unspecified atom stereocenters. The molecule has 0 atom stereocenters. The molecule has 1 aromatic carbocycles. The molecule has 0 aliphatic heterocycles. The van der Waals surface area contributed by atoms with E-state index in [0.717, 1.165) is 17.2 Å². The van der Waals surface area contributed by atoms with E-state index in [-0.39, 0.29) is 0 Å². The minimum absolute atomic E-state index is 0.721. The van der Waals surface area contributed by atoms with Gasteiger partial charge >= 0.3 is 14.5 Å². The van der Waals surface area contributed by atoms with Crippen molar-refractivity contribution in [2.24, 2.45) is 0 Å². The molecule has 14 heavy (non-hydrogen) atoms. The summed E-state index contributed by atoms with van der Waals surface area (Å²) in [5.41, 5.74) is 0. The van der Waals surface area contributed by atoms with Gasteiger partial charge in [0.1, 0.15) is 0 Å². The maximum Gasteiger partial charge on any atom is 0.540 e. The molecule has 0 bridgehead atoms. The molecule has 0 saturated heterocycles. The lowest BCUT2D eigenvalue weighted by Gasteiger charge is -2.16. The minimum Gasteiger partial charge on any atom is -0.638 e. The minimum atomic E-state index is -1.14. The molecule has 0 fully saturated rings. The molecular formula is C10H15AlO3. The molecule has 4 heteroatoms. The second kappa shape index (κ2) is 5.14. The van der Waals surface area contributed by atoms with Crippen molar-refractivity contribution in [2.45, 2.75) is 11.6 Å². The van der Waals surface area contributed by atoms with Gasteiger partial charge in [0, 0.05) is 0 Å². The lowest BCUT2D eigenvalue weighted by Crippen LogP contribution is -2.12. The van der Waals surface area contributed by atoms with Crippen LogP contribution in [-0.4, -0.2) is 28.7 Å². The van der Waals surface area contributed by atoms with Gasteiger partial charge in [-0.3, -0.25) is 0 Å². The number of para-hydroxylation sites is 1. The van der Waals surface area contributed by atoms with Crippen LogP contribution in [0.5, 0.6) is 17.2 Å². The fraction of sp³-hybridized carbons (Fsp3) is 0.400. The molecule has 1 rings (SSSR count). The van der Waals surface area contributed by atoms with Crippen molar-refractivity contribution in [1.29, 1.82) is 0 Å². The summed E-state index contributed by atoms with van der Waals surface area (Å²) in [6.07, 6.45) is 0. The SMILES string of the molecule is COc1cccc(OC)c1[O][Al]([CH3])[CH3]. The Morgan fingerprint density at radius 1 is 1.00 bits per heavy atom. The van der Waals surface area contributed by atoms with Gasteiger partial charge in [0.05, 0.1) is 14.2 Å². The van der Waals surface area contributed by atoms with Gasteiger partial charge < -0.3 is 13.3 Å². The highest BCUT2D eigenvalue weighted by molar-refractivity contribution is 6.49. The average Bonchev–Trinajstić information content (AvgIpc) is 2.17. The van der Waals surface area contributed by atoms with E-state index in [0.29, 0.717) is 0 Å². The smallest absolute Gasteiger partial charge is 0.540 e. The number of rotatable bonds is 4. The van der Waals surface area contributed by atoms with Gasteiger partial charge in [0.25, 0.3) is 0 Å². The molecule has 0 aromatic heterocycles. The standard InChI is InChI=1S/C8H10O3.2CH3.Al/c1-10-6-4-3-5-7(11-2)8(6)9;;;/h3-5,9H,1-2H3;2*1H3;/q;;;+1/p-1. The molecule has 0 heterocycles. The molecule has 3 nitrogen and oxygen atoms in total. The number of methoxy groups -OCH3 is 2. The Balaban J connectivity index is 3.05. The number of ether oxygens (including phenoxy) is 2. The third kappa shape index (κ3) is 2.57. The molecule has 76 valence electrons. The summed E-state index contributed by atoms with van der Waals surface area (Å²) in [4.78, 5) is 0. The van der Waals surface area contributed by atoms with Gasteiger partial charge in [-0.25, -0.2) is 0 Å². The summed E-state index contributed by atoms with van der Waals surface area (Å²) in [6.45, 7) is 0. The topological polar surface area (TPSA) is 27.7 Å². The van der Waals surface area contributed by atoms with Crippen LogP contribution in [0.25, 0.3) is 0 Å². The van der Waals surface area contributed by atoms with Crippen molar-refractivity contribution in [3.05, 3.63) is 18.2 Å². The molecule has 0 aliphatic carbocycles. The third-order valence-corrected chi connectivity index (χ3v) is 2.44. The van der Waals surface area contributed by atoms with Crippen LogP contribution in [-0.2, 0) is 0 Å². The van der Waals surface area contributed by atoms with Gasteiger partial charge in [-0.1, -0.05) is 17.6 Å². The lowest BCUT2D eigenvalue weighted by atomic mass is 10.3. The summed E-state index contributed by atoms with van der Waals surface area (Å²) >= 11 is -1.14. The van der Waals surface area contributed by atoms with Gasteiger partial charge in [-0.2, -0.15) is 0 Å². The van der Waals surface area contributed by atoms with Crippen molar-refractivity contribution >= 4 is 14.5 Å². The van der Waals surface area contributed by atoms with Crippen molar-refractivity contribution in [2.75, 3.05) is 14.2 Å². The van der Waals surface area contributed by atoms with Crippen LogP contribution in [0.1, 0.15) is 0 Å². The Morgan fingerprint density at radius 2 is 1.50 bits per heavy atom. The van der Waals surface area contributed by atoms with E-state index in [1.165, 1.54) is 0 Å². The van der Waals surface area contributed by atoms with Crippen LogP contribution in [0.15, 0.2) is 18.2 Å². The highest BCUT2D eigenvalue weighted by Gasteiger charge is 2.15. The molecule has 0 spiro atoms. The first-order valence-corrected chi connectivity index (χ1v) is 7.34. The van der Waals surface area contributed by atoms with Crippen LogP contribution < -0.4 is 13.3 Å². The van der Waals surface area contributed by atoms with E-state index in [1.807, 2.05) is 18.2 Å². The van der Waals surface area contributed by atoms with Crippen molar-refractivity contribution in [1.82, 2.24) is 0 Å². The Morgan fingerprint density at radius 3 is 1.86 bits per heavy atom. The van der Waals surface area contributed by atoms with Crippen LogP contribution in [0, 0.1) is 0 Å². The zero-order valence-electron chi connectivity index (χ0n) is 9.03. The second-order valence-electron chi connectivity index (χ2n) is 3.16. The average molecular weight is 210 g/mol. The predicted molar refractivity (Wildman–Crippen MR) is 57.7 cm³/mol. The monoisotopic (exact) mass is 210 g/mol. The summed E-state index contributed by atoms with van der Waals surface area (Å²) in [5.74, 6) is 6.38. The first kappa shape index (κ1) is 11.2. The van der Waals surface area contributed by atoms with E-state index in [9.17, 15) is 0 Å². The van der Waals surface area contributed by atoms with Gasteiger partial charge in [-0.05, 0) is 12.1 Å². The maximum absolute atomic E-state index is 5.75. The number of benzene rings is 1. The third-order valence-electron chi connectivity index (χ3n) is 1.74. The van der Waals surface area contributed by atoms with Crippen molar-refractivity contribution in [3.8, 4) is 17.2 Å². The summed E-state index contributed by atoms with van der Waals surface area (Å²) in [7, 11) is 3.26. The Labute approximate surface area is 89.3 Å². The molecule has 0 saturated carbocycles. The van der Waals surface area contributed by atoms with E-state index < -0.39 is 14.5 Å². The highest BCUT2D eigenvalue weighted by Crippen LogP contribution is 2.36. The fourth-order valence-electron chi connectivity index (χ4n) is 1.17. The zero-order chi connectivity index (χ0) is 10.6. The Hall–Kier alpha value is -0.848. The molecule has 1 aromatic rings. The van der Waals surface area contributed by atoms with E-state index in [2.05, 4.69) is 11.6 Å². The second-order valence-corrected chi connectivity index (χ2v) is 5.49. The zero-order valence-corrected chi connectivity index (χ0v) is 10.2. The van der Waals surface area contributed by atoms with Gasteiger partial charge in [0.2, 0.25) is 0 Å². The van der Waals surface area contributed by atoms with Crippen LogP contribution in [0.3, 0.4) is 0 Å². The normalized spacial score (nSPS) is 9.43. The fourth-order valence-corrected chi connectivity index (χ4v) is 1.87. The van der Waals surface area contributed by atoms with Crippen LogP contribution >= 0.6 is 0 Å². The number of hydrogen-bond donors (Lipinski definition) is 0. The van der Waals surface area contributed by atoms with E-state index in [1.54, 1.807) is 14.2 Å². The molecular weight excluding hydrogens is 195 g/mol.